The van der Waals surface area contributed by atoms with Gasteiger partial charge >= 0.3 is 0 Å². The van der Waals surface area contributed by atoms with E-state index >= 15 is 0 Å². The number of hydrogen-bond donors (Lipinski definition) is 1. The molecule has 0 bridgehead atoms. The molecule has 1 unspecified atom stereocenters. The molecule has 1 fully saturated rings. The van der Waals surface area contributed by atoms with E-state index in [1.54, 1.807) is 4.68 Å². The average molecular weight is 313 g/mol. The molecule has 23 heavy (non-hydrogen) atoms. The van der Waals surface area contributed by atoms with E-state index in [0.717, 1.165) is 24.3 Å². The molecule has 1 aliphatic rings. The molecule has 0 saturated carbocycles. The van der Waals surface area contributed by atoms with Gasteiger partial charge in [-0.25, -0.2) is 0 Å². The molecule has 122 valence electrons. The summed E-state index contributed by atoms with van der Waals surface area (Å²) in [5.74, 6) is 0.0414. The third kappa shape index (κ3) is 3.71. The molecule has 1 aliphatic heterocycles. The van der Waals surface area contributed by atoms with Crippen LogP contribution in [0.4, 0.5) is 5.69 Å². The summed E-state index contributed by atoms with van der Waals surface area (Å²) in [6, 6.07) is 9.45. The van der Waals surface area contributed by atoms with Crippen molar-refractivity contribution < 1.29 is 4.79 Å². The lowest BCUT2D eigenvalue weighted by atomic mass is 10.1. The minimum atomic E-state index is -0.470. The lowest BCUT2D eigenvalue weighted by Crippen LogP contribution is -2.53. The maximum atomic E-state index is 12.5. The van der Waals surface area contributed by atoms with Gasteiger partial charge < -0.3 is 15.5 Å². The Bertz CT molecular complexity index is 646. The van der Waals surface area contributed by atoms with Crippen molar-refractivity contribution in [3.05, 3.63) is 48.3 Å². The zero-order valence-electron chi connectivity index (χ0n) is 13.4. The minimum Gasteiger partial charge on any atom is -0.365 e. The van der Waals surface area contributed by atoms with E-state index in [0.29, 0.717) is 19.5 Å². The van der Waals surface area contributed by atoms with Crippen LogP contribution in [0.3, 0.4) is 0 Å². The Morgan fingerprint density at radius 1 is 1.22 bits per heavy atom. The largest absolute Gasteiger partial charge is 0.365 e. The third-order valence-electron chi connectivity index (χ3n) is 4.26. The van der Waals surface area contributed by atoms with Gasteiger partial charge in [-0.05, 0) is 12.0 Å². The fraction of sp³-hybridized carbons (Fsp3) is 0.412. The van der Waals surface area contributed by atoms with Crippen LogP contribution in [0.25, 0.3) is 0 Å². The number of hydrogen-bond acceptors (Lipinski definition) is 4. The summed E-state index contributed by atoms with van der Waals surface area (Å²) in [7, 11) is 1.91. The van der Waals surface area contributed by atoms with E-state index in [4.69, 9.17) is 5.73 Å². The van der Waals surface area contributed by atoms with E-state index < -0.39 is 6.04 Å². The quantitative estimate of drug-likeness (QED) is 0.899. The van der Waals surface area contributed by atoms with Crippen LogP contribution in [0.1, 0.15) is 5.56 Å². The molecule has 6 heteroatoms. The number of rotatable bonds is 4. The molecule has 0 radical (unpaired) electrons. The second-order valence-electron chi connectivity index (χ2n) is 5.98. The molecule has 0 aliphatic carbocycles. The van der Waals surface area contributed by atoms with Crippen molar-refractivity contribution in [2.75, 3.05) is 31.1 Å². The van der Waals surface area contributed by atoms with Crippen molar-refractivity contribution in [1.29, 1.82) is 0 Å². The highest BCUT2D eigenvalue weighted by atomic mass is 16.2. The molecule has 2 aromatic rings. The predicted octanol–water partition coefficient (Wildman–Crippen LogP) is 0.639. The van der Waals surface area contributed by atoms with Gasteiger partial charge in [0.25, 0.3) is 0 Å². The normalized spacial score (nSPS) is 16.4. The van der Waals surface area contributed by atoms with Crippen LogP contribution in [0.2, 0.25) is 0 Å². The van der Waals surface area contributed by atoms with Gasteiger partial charge in [0.1, 0.15) is 0 Å². The first-order valence-corrected chi connectivity index (χ1v) is 7.95. The van der Waals surface area contributed by atoms with E-state index in [1.165, 1.54) is 0 Å². The van der Waals surface area contributed by atoms with E-state index in [2.05, 4.69) is 10.00 Å². The van der Waals surface area contributed by atoms with Gasteiger partial charge in [-0.1, -0.05) is 30.3 Å². The van der Waals surface area contributed by atoms with Crippen molar-refractivity contribution in [1.82, 2.24) is 14.7 Å². The summed E-state index contributed by atoms with van der Waals surface area (Å²) in [5, 5.41) is 4.20. The maximum absolute atomic E-state index is 12.5. The summed E-state index contributed by atoms with van der Waals surface area (Å²) in [5.41, 5.74) is 8.32. The predicted molar refractivity (Wildman–Crippen MR) is 90.1 cm³/mol. The van der Waals surface area contributed by atoms with Gasteiger partial charge in [-0.2, -0.15) is 5.10 Å². The number of carbonyl (C=O) groups is 1. The van der Waals surface area contributed by atoms with Crippen molar-refractivity contribution in [3.63, 3.8) is 0 Å². The SMILES string of the molecule is Cn1cc(N2CCN(C(=O)C(N)Cc3ccccc3)CC2)cn1. The van der Waals surface area contributed by atoms with Crippen molar-refractivity contribution in [3.8, 4) is 0 Å². The number of aryl methyl sites for hydroxylation is 1. The molecular weight excluding hydrogens is 290 g/mol. The molecule has 1 atom stereocenters. The van der Waals surface area contributed by atoms with Crippen LogP contribution in [0.5, 0.6) is 0 Å². The summed E-state index contributed by atoms with van der Waals surface area (Å²) in [4.78, 5) is 16.6. The number of nitrogens with two attached hydrogens (primary N) is 1. The van der Waals surface area contributed by atoms with Crippen LogP contribution >= 0.6 is 0 Å². The topological polar surface area (TPSA) is 67.4 Å². The Labute approximate surface area is 136 Å². The molecule has 1 aromatic carbocycles. The fourth-order valence-electron chi connectivity index (χ4n) is 2.95. The molecule has 2 heterocycles. The Kier molecular flexibility index (Phi) is 4.62. The minimum absolute atomic E-state index is 0.0414. The zero-order valence-corrected chi connectivity index (χ0v) is 13.4. The molecule has 1 amide bonds. The van der Waals surface area contributed by atoms with Gasteiger partial charge in [0, 0.05) is 39.4 Å². The van der Waals surface area contributed by atoms with Crippen molar-refractivity contribution >= 4 is 11.6 Å². The van der Waals surface area contributed by atoms with E-state index in [9.17, 15) is 4.79 Å². The zero-order chi connectivity index (χ0) is 16.2. The molecule has 1 saturated heterocycles. The Morgan fingerprint density at radius 2 is 1.91 bits per heavy atom. The summed E-state index contributed by atoms with van der Waals surface area (Å²) < 4.78 is 1.79. The van der Waals surface area contributed by atoms with Crippen LogP contribution in [-0.4, -0.2) is 52.8 Å². The van der Waals surface area contributed by atoms with E-state index in [1.807, 2.05) is 54.7 Å². The Hall–Kier alpha value is -2.34. The third-order valence-corrected chi connectivity index (χ3v) is 4.26. The molecule has 0 spiro atoms. The van der Waals surface area contributed by atoms with Gasteiger partial charge in [0.2, 0.25) is 5.91 Å². The highest BCUT2D eigenvalue weighted by Gasteiger charge is 2.25. The van der Waals surface area contributed by atoms with Gasteiger partial charge in [-0.3, -0.25) is 9.48 Å². The lowest BCUT2D eigenvalue weighted by Gasteiger charge is -2.36. The number of piperazine rings is 1. The van der Waals surface area contributed by atoms with Crippen molar-refractivity contribution in [2.45, 2.75) is 12.5 Å². The van der Waals surface area contributed by atoms with Crippen LogP contribution < -0.4 is 10.6 Å². The van der Waals surface area contributed by atoms with E-state index in [-0.39, 0.29) is 5.91 Å². The summed E-state index contributed by atoms with van der Waals surface area (Å²) in [6.07, 6.45) is 4.44. The van der Waals surface area contributed by atoms with Gasteiger partial charge in [0.15, 0.2) is 0 Å². The smallest absolute Gasteiger partial charge is 0.239 e. The maximum Gasteiger partial charge on any atom is 0.239 e. The number of carbonyl (C=O) groups excluding carboxylic acids is 1. The standard InChI is InChI=1S/C17H23N5O/c1-20-13-15(12-19-20)21-7-9-22(10-8-21)17(23)16(18)11-14-5-3-2-4-6-14/h2-6,12-13,16H,7-11,18H2,1H3. The number of anilines is 1. The molecule has 1 aromatic heterocycles. The lowest BCUT2D eigenvalue weighted by molar-refractivity contribution is -0.132. The monoisotopic (exact) mass is 313 g/mol. The number of nitrogens with zero attached hydrogens (tertiary/aromatic N) is 4. The second kappa shape index (κ2) is 6.83. The number of benzene rings is 1. The molecule has 3 rings (SSSR count). The Morgan fingerprint density at radius 3 is 2.52 bits per heavy atom. The molecular formula is C17H23N5O. The Balaban J connectivity index is 1.53. The van der Waals surface area contributed by atoms with Crippen LogP contribution in [0, 0.1) is 0 Å². The average Bonchev–Trinajstić information content (AvgIpc) is 3.02. The van der Waals surface area contributed by atoms with Crippen molar-refractivity contribution in [2.24, 2.45) is 12.8 Å². The molecule has 6 nitrogen and oxygen atoms in total. The fourth-order valence-corrected chi connectivity index (χ4v) is 2.95. The highest BCUT2D eigenvalue weighted by Crippen LogP contribution is 2.15. The van der Waals surface area contributed by atoms with Crippen LogP contribution in [-0.2, 0) is 18.3 Å². The second-order valence-corrected chi connectivity index (χ2v) is 5.98. The van der Waals surface area contributed by atoms with Gasteiger partial charge in [-0.15, -0.1) is 0 Å². The van der Waals surface area contributed by atoms with Gasteiger partial charge in [0.05, 0.1) is 17.9 Å². The summed E-state index contributed by atoms with van der Waals surface area (Å²) >= 11 is 0. The first-order valence-electron chi connectivity index (χ1n) is 7.95. The van der Waals surface area contributed by atoms with Crippen LogP contribution in [0.15, 0.2) is 42.7 Å². The molecule has 2 N–H and O–H groups in total. The highest BCUT2D eigenvalue weighted by molar-refractivity contribution is 5.82. The number of aromatic nitrogens is 2. The first kappa shape index (κ1) is 15.6. The number of amides is 1. The first-order chi connectivity index (χ1) is 11.1. The summed E-state index contributed by atoms with van der Waals surface area (Å²) in [6.45, 7) is 3.04.